The SMILES string of the molecule is CCC(C)C(O/N=C(\C)c1cc(Cl)c(O)cc1Cl)c1cn2cc(C(F)(F)F)cc(Cl)c2n1. The van der Waals surface area contributed by atoms with E-state index in [0.29, 0.717) is 23.4 Å². The number of pyridine rings is 1. The summed E-state index contributed by atoms with van der Waals surface area (Å²) in [6.45, 7) is 5.50. The van der Waals surface area contributed by atoms with E-state index in [-0.39, 0.29) is 32.4 Å². The molecule has 0 aliphatic heterocycles. The molecule has 0 fully saturated rings. The molecule has 32 heavy (non-hydrogen) atoms. The van der Waals surface area contributed by atoms with Gasteiger partial charge in [0, 0.05) is 29.9 Å². The Hall–Kier alpha value is -2.16. The van der Waals surface area contributed by atoms with E-state index in [0.717, 1.165) is 12.3 Å². The first-order chi connectivity index (χ1) is 14.9. The molecule has 2 heterocycles. The zero-order valence-corrected chi connectivity index (χ0v) is 19.5. The number of oxime groups is 1. The minimum Gasteiger partial charge on any atom is -0.506 e. The first-order valence-corrected chi connectivity index (χ1v) is 10.7. The second-order valence-corrected chi connectivity index (χ2v) is 8.56. The number of rotatable bonds is 6. The molecule has 0 aliphatic rings. The van der Waals surface area contributed by atoms with Crippen molar-refractivity contribution in [3.63, 3.8) is 0 Å². The molecule has 0 amide bonds. The lowest BCUT2D eigenvalue weighted by molar-refractivity contribution is -0.137. The van der Waals surface area contributed by atoms with Crippen LogP contribution in [0.2, 0.25) is 15.1 Å². The van der Waals surface area contributed by atoms with Crippen molar-refractivity contribution in [1.29, 1.82) is 0 Å². The maximum atomic E-state index is 13.1. The molecule has 172 valence electrons. The molecule has 0 saturated carbocycles. The molecule has 2 atom stereocenters. The van der Waals surface area contributed by atoms with Gasteiger partial charge in [-0.1, -0.05) is 53.8 Å². The molecule has 3 rings (SSSR count). The molecule has 0 aliphatic carbocycles. The number of alkyl halides is 3. The Morgan fingerprint density at radius 1 is 1.16 bits per heavy atom. The van der Waals surface area contributed by atoms with E-state index in [2.05, 4.69) is 10.1 Å². The molecular formula is C21H19Cl3F3N3O2. The van der Waals surface area contributed by atoms with E-state index >= 15 is 0 Å². The van der Waals surface area contributed by atoms with Crippen LogP contribution in [0.15, 0.2) is 35.7 Å². The predicted molar refractivity (Wildman–Crippen MR) is 119 cm³/mol. The summed E-state index contributed by atoms with van der Waals surface area (Å²) in [7, 11) is 0. The van der Waals surface area contributed by atoms with Crippen molar-refractivity contribution in [3.8, 4) is 5.75 Å². The van der Waals surface area contributed by atoms with Crippen LogP contribution < -0.4 is 0 Å². The summed E-state index contributed by atoms with van der Waals surface area (Å²) in [4.78, 5) is 10.2. The number of phenolic OH excluding ortho intramolecular Hbond substituents is 1. The van der Waals surface area contributed by atoms with Crippen molar-refractivity contribution in [1.82, 2.24) is 9.38 Å². The second kappa shape index (κ2) is 9.37. The molecule has 1 aromatic carbocycles. The molecule has 0 radical (unpaired) electrons. The fourth-order valence-electron chi connectivity index (χ4n) is 3.03. The van der Waals surface area contributed by atoms with E-state index in [1.165, 1.54) is 22.7 Å². The van der Waals surface area contributed by atoms with Crippen LogP contribution in [-0.2, 0) is 11.0 Å². The van der Waals surface area contributed by atoms with Crippen LogP contribution >= 0.6 is 34.8 Å². The molecule has 3 aromatic rings. The van der Waals surface area contributed by atoms with Gasteiger partial charge in [-0.15, -0.1) is 0 Å². The third-order valence-corrected chi connectivity index (χ3v) is 5.93. The van der Waals surface area contributed by atoms with Crippen molar-refractivity contribution >= 4 is 46.2 Å². The number of nitrogens with zero attached hydrogens (tertiary/aromatic N) is 3. The van der Waals surface area contributed by atoms with Crippen LogP contribution in [0.3, 0.4) is 0 Å². The predicted octanol–water partition coefficient (Wildman–Crippen LogP) is 7.55. The highest BCUT2D eigenvalue weighted by molar-refractivity contribution is 6.37. The molecule has 0 bridgehead atoms. The highest BCUT2D eigenvalue weighted by Crippen LogP contribution is 2.35. The fourth-order valence-corrected chi connectivity index (χ4v) is 3.75. The fraction of sp³-hybridized carbons (Fsp3) is 0.333. The van der Waals surface area contributed by atoms with Crippen LogP contribution in [0, 0.1) is 5.92 Å². The van der Waals surface area contributed by atoms with Gasteiger partial charge in [0.25, 0.3) is 0 Å². The van der Waals surface area contributed by atoms with E-state index in [1.54, 1.807) is 6.92 Å². The van der Waals surface area contributed by atoms with Gasteiger partial charge in [-0.05, 0) is 25.5 Å². The van der Waals surface area contributed by atoms with Gasteiger partial charge in [-0.2, -0.15) is 13.2 Å². The highest BCUT2D eigenvalue weighted by Gasteiger charge is 2.32. The van der Waals surface area contributed by atoms with Gasteiger partial charge in [-0.25, -0.2) is 4.98 Å². The van der Waals surface area contributed by atoms with E-state index in [1.807, 2.05) is 13.8 Å². The Morgan fingerprint density at radius 3 is 2.47 bits per heavy atom. The molecule has 2 unspecified atom stereocenters. The van der Waals surface area contributed by atoms with Gasteiger partial charge >= 0.3 is 6.18 Å². The maximum absolute atomic E-state index is 13.1. The van der Waals surface area contributed by atoms with Crippen LogP contribution in [0.4, 0.5) is 13.2 Å². The summed E-state index contributed by atoms with van der Waals surface area (Å²) in [6.07, 6.45) is -2.13. The summed E-state index contributed by atoms with van der Waals surface area (Å²) in [5.74, 6) is -0.234. The summed E-state index contributed by atoms with van der Waals surface area (Å²) < 4.78 is 40.6. The molecule has 1 N–H and O–H groups in total. The summed E-state index contributed by atoms with van der Waals surface area (Å²) >= 11 is 18.2. The van der Waals surface area contributed by atoms with Gasteiger partial charge in [0.15, 0.2) is 11.8 Å². The zero-order valence-electron chi connectivity index (χ0n) is 17.2. The quantitative estimate of drug-likeness (QED) is 0.276. The van der Waals surface area contributed by atoms with Crippen molar-refractivity contribution < 1.29 is 23.1 Å². The molecule has 5 nitrogen and oxygen atoms in total. The van der Waals surface area contributed by atoms with E-state index in [9.17, 15) is 18.3 Å². The van der Waals surface area contributed by atoms with Crippen LogP contribution in [0.1, 0.15) is 50.1 Å². The number of hydrogen-bond donors (Lipinski definition) is 1. The zero-order chi connectivity index (χ0) is 23.8. The van der Waals surface area contributed by atoms with Crippen molar-refractivity contribution in [2.24, 2.45) is 11.1 Å². The number of aromatic nitrogens is 2. The Labute approximate surface area is 197 Å². The summed E-state index contributed by atoms with van der Waals surface area (Å²) in [5, 5.41) is 14.0. The lowest BCUT2D eigenvalue weighted by Gasteiger charge is -2.19. The molecule has 2 aromatic heterocycles. The first kappa shape index (κ1) is 24.5. The number of phenols is 1. The largest absolute Gasteiger partial charge is 0.506 e. The second-order valence-electron chi connectivity index (χ2n) is 7.34. The Bertz CT molecular complexity index is 1180. The van der Waals surface area contributed by atoms with Crippen molar-refractivity contribution in [3.05, 3.63) is 62.5 Å². The molecule has 0 saturated heterocycles. The molecule has 11 heteroatoms. The molecule has 0 spiro atoms. The average Bonchev–Trinajstić information content (AvgIpc) is 3.14. The number of fused-ring (bicyclic) bond motifs is 1. The third kappa shape index (κ3) is 5.08. The Morgan fingerprint density at radius 2 is 1.84 bits per heavy atom. The van der Waals surface area contributed by atoms with Crippen molar-refractivity contribution in [2.75, 3.05) is 0 Å². The molecular weight excluding hydrogens is 490 g/mol. The highest BCUT2D eigenvalue weighted by atomic mass is 35.5. The lowest BCUT2D eigenvalue weighted by atomic mass is 10.00. The van der Waals surface area contributed by atoms with Crippen LogP contribution in [0.25, 0.3) is 5.65 Å². The van der Waals surface area contributed by atoms with E-state index in [4.69, 9.17) is 39.6 Å². The minimum absolute atomic E-state index is 0.0730. The van der Waals surface area contributed by atoms with Crippen LogP contribution in [0.5, 0.6) is 5.75 Å². The smallest absolute Gasteiger partial charge is 0.417 e. The topological polar surface area (TPSA) is 59.1 Å². The third-order valence-electron chi connectivity index (χ3n) is 5.03. The van der Waals surface area contributed by atoms with Gasteiger partial charge in [0.1, 0.15) is 11.4 Å². The van der Waals surface area contributed by atoms with E-state index < -0.39 is 17.8 Å². The Kier molecular flexibility index (Phi) is 7.17. The van der Waals surface area contributed by atoms with Gasteiger partial charge in [0.2, 0.25) is 0 Å². The number of halogens is 6. The monoisotopic (exact) mass is 507 g/mol. The average molecular weight is 509 g/mol. The number of imidazole rings is 1. The van der Waals surface area contributed by atoms with Gasteiger partial charge in [0.05, 0.1) is 26.3 Å². The number of hydrogen-bond acceptors (Lipinski definition) is 4. The van der Waals surface area contributed by atoms with Crippen molar-refractivity contribution in [2.45, 2.75) is 39.5 Å². The first-order valence-electron chi connectivity index (χ1n) is 9.56. The number of benzene rings is 1. The van der Waals surface area contributed by atoms with Gasteiger partial charge in [-0.3, -0.25) is 0 Å². The normalized spacial score (nSPS) is 14.6. The summed E-state index contributed by atoms with van der Waals surface area (Å²) in [6, 6.07) is 3.60. The summed E-state index contributed by atoms with van der Waals surface area (Å²) in [5.41, 5.74) is 0.539. The minimum atomic E-state index is -4.54. The Balaban J connectivity index is 1.99. The lowest BCUT2D eigenvalue weighted by Crippen LogP contribution is -2.12. The number of aromatic hydroxyl groups is 1. The standard InChI is InChI=1S/C21H19Cl3F3N3O2/c1-4-10(2)19(32-29-11(3)13-6-15(23)18(31)7-14(13)22)17-9-30-8-12(21(25,26)27)5-16(24)20(30)28-17/h5-10,19,31H,4H2,1-3H3/b29-11+. The van der Waals surface area contributed by atoms with Crippen LogP contribution in [-0.4, -0.2) is 20.2 Å². The van der Waals surface area contributed by atoms with Gasteiger partial charge < -0.3 is 14.3 Å². The maximum Gasteiger partial charge on any atom is 0.417 e.